The van der Waals surface area contributed by atoms with Crippen molar-refractivity contribution in [2.45, 2.75) is 45.3 Å². The van der Waals surface area contributed by atoms with E-state index in [0.717, 1.165) is 29.7 Å². The molecule has 2 aromatic heterocycles. The molecule has 0 saturated carbocycles. The lowest BCUT2D eigenvalue weighted by molar-refractivity contribution is -0.159. The Morgan fingerprint density at radius 1 is 1.30 bits per heavy atom. The van der Waals surface area contributed by atoms with Crippen molar-refractivity contribution >= 4 is 17.5 Å². The molecule has 0 unspecified atom stereocenters. The zero-order valence-corrected chi connectivity index (χ0v) is 13.4. The second-order valence-corrected chi connectivity index (χ2v) is 6.49. The fourth-order valence-electron chi connectivity index (χ4n) is 3.71. The average molecular weight is 312 g/mol. The summed E-state index contributed by atoms with van der Waals surface area (Å²) in [6.45, 7) is 4.93. The highest BCUT2D eigenvalue weighted by molar-refractivity contribution is 5.97. The summed E-state index contributed by atoms with van der Waals surface area (Å²) in [4.78, 5) is 33.3. The third-order valence-corrected chi connectivity index (χ3v) is 4.99. The average Bonchev–Trinajstić information content (AvgIpc) is 3.17. The number of rotatable bonds is 2. The molecule has 0 aliphatic carbocycles. The van der Waals surface area contributed by atoms with Crippen LogP contribution in [-0.4, -0.2) is 49.6 Å². The summed E-state index contributed by atoms with van der Waals surface area (Å²) >= 11 is 0. The Morgan fingerprint density at radius 3 is 2.91 bits per heavy atom. The summed E-state index contributed by atoms with van der Waals surface area (Å²) < 4.78 is 1.97. The van der Waals surface area contributed by atoms with E-state index in [1.54, 1.807) is 9.80 Å². The number of piperazine rings is 1. The van der Waals surface area contributed by atoms with Gasteiger partial charge in [-0.2, -0.15) is 0 Å². The summed E-state index contributed by atoms with van der Waals surface area (Å²) in [7, 11) is 0. The fourth-order valence-corrected chi connectivity index (χ4v) is 3.71. The molecular weight excluding hydrogens is 292 g/mol. The number of aromatic nitrogens is 2. The van der Waals surface area contributed by atoms with Crippen molar-refractivity contribution < 1.29 is 9.59 Å². The van der Waals surface area contributed by atoms with Gasteiger partial charge in [0.1, 0.15) is 17.7 Å². The molecule has 6 heteroatoms. The van der Waals surface area contributed by atoms with Gasteiger partial charge in [-0.3, -0.25) is 9.59 Å². The van der Waals surface area contributed by atoms with E-state index < -0.39 is 6.04 Å². The second kappa shape index (κ2) is 5.08. The van der Waals surface area contributed by atoms with Gasteiger partial charge in [0, 0.05) is 18.9 Å². The number of carbonyl (C=O) groups is 2. The molecule has 4 rings (SSSR count). The maximum absolute atomic E-state index is 12.7. The fraction of sp³-hybridized carbons (Fsp3) is 0.471. The predicted molar refractivity (Wildman–Crippen MR) is 84.7 cm³/mol. The van der Waals surface area contributed by atoms with Crippen LogP contribution in [0.4, 0.5) is 0 Å². The van der Waals surface area contributed by atoms with Crippen LogP contribution in [0.5, 0.6) is 0 Å². The van der Waals surface area contributed by atoms with Crippen LogP contribution < -0.4 is 0 Å². The number of carbonyl (C=O) groups excluding carboxylic acids is 2. The zero-order chi connectivity index (χ0) is 16.1. The predicted octanol–water partition coefficient (Wildman–Crippen LogP) is 1.36. The van der Waals surface area contributed by atoms with Crippen LogP contribution in [0.25, 0.3) is 5.65 Å². The lowest BCUT2D eigenvalue weighted by atomic mass is 10.1. The summed E-state index contributed by atoms with van der Waals surface area (Å²) in [5.41, 5.74) is 2.81. The molecule has 0 spiro atoms. The van der Waals surface area contributed by atoms with Crippen molar-refractivity contribution in [3.8, 4) is 0 Å². The number of imidazole rings is 1. The minimum Gasteiger partial charge on any atom is -0.329 e. The molecule has 4 heterocycles. The summed E-state index contributed by atoms with van der Waals surface area (Å²) in [5.74, 6) is 0.121. The molecular formula is C17H20N4O2. The minimum atomic E-state index is -0.414. The first kappa shape index (κ1) is 14.2. The maximum atomic E-state index is 12.7. The molecule has 6 nitrogen and oxygen atoms in total. The highest BCUT2D eigenvalue weighted by Crippen LogP contribution is 2.28. The standard InChI is InChI=1S/C17H20N4O2/c1-11-5-3-7-19-9-13(18-15(11)19)10-21-12(2)16(22)20-8-4-6-14(20)17(21)23/h3,5,7,9,12,14H,4,6,8,10H2,1-2H3/t12-,14-/m0/s1. The molecule has 2 fully saturated rings. The van der Waals surface area contributed by atoms with Crippen LogP contribution in [0, 0.1) is 6.92 Å². The summed E-state index contributed by atoms with van der Waals surface area (Å²) in [6, 6.07) is 3.31. The van der Waals surface area contributed by atoms with Crippen molar-refractivity contribution in [3.63, 3.8) is 0 Å². The number of nitrogens with zero attached hydrogens (tertiary/aromatic N) is 4. The number of fused-ring (bicyclic) bond motifs is 2. The van der Waals surface area contributed by atoms with Gasteiger partial charge in [-0.25, -0.2) is 4.98 Å². The molecule has 0 radical (unpaired) electrons. The third-order valence-electron chi connectivity index (χ3n) is 4.99. The Hall–Kier alpha value is -2.37. The normalized spacial score (nSPS) is 24.6. The van der Waals surface area contributed by atoms with Gasteiger partial charge in [0.05, 0.1) is 12.2 Å². The van der Waals surface area contributed by atoms with E-state index in [1.807, 2.05) is 42.8 Å². The molecule has 2 atom stereocenters. The van der Waals surface area contributed by atoms with Gasteiger partial charge in [-0.15, -0.1) is 0 Å². The summed E-state index contributed by atoms with van der Waals surface area (Å²) in [5, 5.41) is 0. The van der Waals surface area contributed by atoms with Gasteiger partial charge < -0.3 is 14.2 Å². The summed E-state index contributed by atoms with van der Waals surface area (Å²) in [6.07, 6.45) is 5.58. The van der Waals surface area contributed by atoms with Gasteiger partial charge in [0.15, 0.2) is 0 Å². The Morgan fingerprint density at radius 2 is 2.13 bits per heavy atom. The number of pyridine rings is 1. The van der Waals surface area contributed by atoms with E-state index in [9.17, 15) is 9.59 Å². The third kappa shape index (κ3) is 2.12. The van der Waals surface area contributed by atoms with Crippen LogP contribution in [-0.2, 0) is 16.1 Å². The van der Waals surface area contributed by atoms with Crippen LogP contribution in [0.2, 0.25) is 0 Å². The van der Waals surface area contributed by atoms with Gasteiger partial charge in [0.2, 0.25) is 11.8 Å². The monoisotopic (exact) mass is 312 g/mol. The van der Waals surface area contributed by atoms with E-state index >= 15 is 0 Å². The van der Waals surface area contributed by atoms with E-state index in [-0.39, 0.29) is 17.9 Å². The Labute approximate surface area is 134 Å². The van der Waals surface area contributed by atoms with Crippen LogP contribution in [0.15, 0.2) is 24.5 Å². The lowest BCUT2D eigenvalue weighted by Gasteiger charge is -2.40. The number of amides is 2. The number of hydrogen-bond acceptors (Lipinski definition) is 3. The smallest absolute Gasteiger partial charge is 0.246 e. The Bertz CT molecular complexity index is 797. The quantitative estimate of drug-likeness (QED) is 0.841. The molecule has 0 aromatic carbocycles. The van der Waals surface area contributed by atoms with Gasteiger partial charge in [-0.1, -0.05) is 6.07 Å². The second-order valence-electron chi connectivity index (χ2n) is 6.49. The van der Waals surface area contributed by atoms with Gasteiger partial charge >= 0.3 is 0 Å². The molecule has 0 bridgehead atoms. The SMILES string of the molecule is Cc1cccn2cc(CN3C(=O)[C@@H]4CCCN4C(=O)[C@@H]3C)nc12. The highest BCUT2D eigenvalue weighted by atomic mass is 16.2. The maximum Gasteiger partial charge on any atom is 0.246 e. The molecule has 2 aromatic rings. The first-order valence-corrected chi connectivity index (χ1v) is 8.10. The van der Waals surface area contributed by atoms with Crippen LogP contribution in [0.3, 0.4) is 0 Å². The van der Waals surface area contributed by atoms with Crippen molar-refractivity contribution in [1.82, 2.24) is 19.2 Å². The number of hydrogen-bond donors (Lipinski definition) is 0. The van der Waals surface area contributed by atoms with E-state index in [0.29, 0.717) is 13.1 Å². The van der Waals surface area contributed by atoms with Crippen molar-refractivity contribution in [3.05, 3.63) is 35.8 Å². The molecule has 23 heavy (non-hydrogen) atoms. The molecule has 120 valence electrons. The molecule has 2 saturated heterocycles. The Balaban J connectivity index is 1.65. The highest BCUT2D eigenvalue weighted by Gasteiger charge is 2.45. The van der Waals surface area contributed by atoms with E-state index in [1.165, 1.54) is 0 Å². The van der Waals surface area contributed by atoms with Gasteiger partial charge in [0.25, 0.3) is 0 Å². The van der Waals surface area contributed by atoms with Crippen LogP contribution in [0.1, 0.15) is 31.0 Å². The zero-order valence-electron chi connectivity index (χ0n) is 13.4. The minimum absolute atomic E-state index is 0.0587. The van der Waals surface area contributed by atoms with E-state index in [2.05, 4.69) is 4.98 Å². The first-order chi connectivity index (χ1) is 11.1. The molecule has 0 N–H and O–H groups in total. The Kier molecular flexibility index (Phi) is 3.14. The lowest BCUT2D eigenvalue weighted by Crippen LogP contribution is -2.61. The van der Waals surface area contributed by atoms with Crippen molar-refractivity contribution in [2.24, 2.45) is 0 Å². The largest absolute Gasteiger partial charge is 0.329 e. The molecule has 2 aliphatic rings. The van der Waals surface area contributed by atoms with Crippen LogP contribution >= 0.6 is 0 Å². The topological polar surface area (TPSA) is 57.9 Å². The molecule has 2 amide bonds. The van der Waals surface area contributed by atoms with Crippen molar-refractivity contribution in [1.29, 1.82) is 0 Å². The van der Waals surface area contributed by atoms with Crippen molar-refractivity contribution in [2.75, 3.05) is 6.54 Å². The van der Waals surface area contributed by atoms with Gasteiger partial charge in [-0.05, 0) is 38.3 Å². The van der Waals surface area contributed by atoms with E-state index in [4.69, 9.17) is 0 Å². The molecule has 2 aliphatic heterocycles. The number of aryl methyl sites for hydroxylation is 1. The first-order valence-electron chi connectivity index (χ1n) is 8.10.